The Kier molecular flexibility index (Phi) is 8.04. The van der Waals surface area contributed by atoms with Gasteiger partial charge >= 0.3 is 0 Å². The van der Waals surface area contributed by atoms with Gasteiger partial charge in [0.25, 0.3) is 0 Å². The molecule has 1 heterocycles. The van der Waals surface area contributed by atoms with Crippen molar-refractivity contribution in [3.05, 3.63) is 17.2 Å². The van der Waals surface area contributed by atoms with E-state index in [0.717, 1.165) is 48.9 Å². The third-order valence-corrected chi connectivity index (χ3v) is 3.58. The standard InChI is InChI=1S/C15H29N5O/c1-4-20(5-2)8-6-17-14-10-12(3)13(11-16)15(19-14)18-7-9-21/h10,21H,4-9,11,16H2,1-3H3,(H2,17,18,19). The van der Waals surface area contributed by atoms with Crippen LogP contribution in [0.15, 0.2) is 6.07 Å². The number of pyridine rings is 1. The maximum atomic E-state index is 8.94. The van der Waals surface area contributed by atoms with Crippen molar-refractivity contribution in [1.29, 1.82) is 0 Å². The number of hydrogen-bond acceptors (Lipinski definition) is 6. The number of nitrogens with one attached hydrogen (secondary N) is 2. The summed E-state index contributed by atoms with van der Waals surface area (Å²) in [6, 6.07) is 2.02. The van der Waals surface area contributed by atoms with Crippen LogP contribution in [0, 0.1) is 6.92 Å². The van der Waals surface area contributed by atoms with Gasteiger partial charge in [-0.1, -0.05) is 13.8 Å². The van der Waals surface area contributed by atoms with Crippen molar-refractivity contribution < 1.29 is 5.11 Å². The summed E-state index contributed by atoms with van der Waals surface area (Å²) in [5.74, 6) is 1.61. The first kappa shape index (κ1) is 17.7. The monoisotopic (exact) mass is 295 g/mol. The average molecular weight is 295 g/mol. The molecule has 0 fully saturated rings. The van der Waals surface area contributed by atoms with Gasteiger partial charge in [-0.05, 0) is 31.6 Å². The van der Waals surface area contributed by atoms with Crippen LogP contribution in [0.5, 0.6) is 0 Å². The van der Waals surface area contributed by atoms with E-state index in [9.17, 15) is 0 Å². The van der Waals surface area contributed by atoms with Crippen LogP contribution in [0.4, 0.5) is 11.6 Å². The molecule has 0 amide bonds. The molecule has 0 aliphatic rings. The smallest absolute Gasteiger partial charge is 0.133 e. The summed E-state index contributed by atoms with van der Waals surface area (Å²) in [5, 5.41) is 15.4. The molecule has 0 aliphatic carbocycles. The van der Waals surface area contributed by atoms with Gasteiger partial charge in [-0.15, -0.1) is 0 Å². The second-order valence-electron chi connectivity index (χ2n) is 4.96. The summed E-state index contributed by atoms with van der Waals surface area (Å²) in [4.78, 5) is 6.92. The van der Waals surface area contributed by atoms with Gasteiger partial charge in [0.15, 0.2) is 0 Å². The number of hydrogen-bond donors (Lipinski definition) is 4. The Bertz CT molecular complexity index is 421. The Morgan fingerprint density at radius 1 is 1.24 bits per heavy atom. The van der Waals surface area contributed by atoms with Gasteiger partial charge in [-0.2, -0.15) is 0 Å². The third-order valence-electron chi connectivity index (χ3n) is 3.58. The van der Waals surface area contributed by atoms with Crippen LogP contribution in [-0.2, 0) is 6.54 Å². The van der Waals surface area contributed by atoms with E-state index >= 15 is 0 Å². The average Bonchev–Trinajstić information content (AvgIpc) is 2.49. The maximum Gasteiger partial charge on any atom is 0.133 e. The lowest BCUT2D eigenvalue weighted by atomic mass is 10.1. The molecule has 120 valence electrons. The van der Waals surface area contributed by atoms with Gasteiger partial charge in [0, 0.05) is 31.7 Å². The molecule has 5 N–H and O–H groups in total. The second kappa shape index (κ2) is 9.55. The van der Waals surface area contributed by atoms with E-state index in [1.807, 2.05) is 13.0 Å². The zero-order valence-corrected chi connectivity index (χ0v) is 13.4. The van der Waals surface area contributed by atoms with Gasteiger partial charge < -0.3 is 26.4 Å². The van der Waals surface area contributed by atoms with E-state index in [2.05, 4.69) is 34.4 Å². The third kappa shape index (κ3) is 5.49. The molecule has 0 aromatic carbocycles. The highest BCUT2D eigenvalue weighted by Crippen LogP contribution is 2.20. The molecule has 6 nitrogen and oxygen atoms in total. The Morgan fingerprint density at radius 3 is 2.52 bits per heavy atom. The number of nitrogens with two attached hydrogens (primary N) is 1. The molecular formula is C15H29N5O. The van der Waals surface area contributed by atoms with Crippen LogP contribution >= 0.6 is 0 Å². The van der Waals surface area contributed by atoms with Crippen molar-refractivity contribution in [3.8, 4) is 0 Å². The Balaban J connectivity index is 2.71. The van der Waals surface area contributed by atoms with Gasteiger partial charge in [0.1, 0.15) is 11.6 Å². The summed E-state index contributed by atoms with van der Waals surface area (Å²) < 4.78 is 0. The number of aryl methyl sites for hydroxylation is 1. The molecule has 0 atom stereocenters. The lowest BCUT2D eigenvalue weighted by Crippen LogP contribution is -2.28. The van der Waals surface area contributed by atoms with E-state index in [4.69, 9.17) is 10.8 Å². The summed E-state index contributed by atoms with van der Waals surface area (Å²) in [7, 11) is 0. The molecule has 0 radical (unpaired) electrons. The van der Waals surface area contributed by atoms with Gasteiger partial charge in [-0.25, -0.2) is 4.98 Å². The fraction of sp³-hybridized carbons (Fsp3) is 0.667. The Hall–Kier alpha value is -1.37. The first-order valence-electron chi connectivity index (χ1n) is 7.67. The number of rotatable bonds is 10. The highest BCUT2D eigenvalue weighted by molar-refractivity contribution is 5.55. The molecule has 0 bridgehead atoms. The van der Waals surface area contributed by atoms with Crippen LogP contribution in [0.1, 0.15) is 25.0 Å². The highest BCUT2D eigenvalue weighted by Gasteiger charge is 2.08. The summed E-state index contributed by atoms with van der Waals surface area (Å²) >= 11 is 0. The number of aromatic nitrogens is 1. The molecule has 0 aliphatic heterocycles. The molecule has 1 aromatic rings. The van der Waals surface area contributed by atoms with Crippen LogP contribution in [0.25, 0.3) is 0 Å². The lowest BCUT2D eigenvalue weighted by Gasteiger charge is -2.19. The first-order valence-corrected chi connectivity index (χ1v) is 7.67. The molecule has 0 spiro atoms. The summed E-state index contributed by atoms with van der Waals surface area (Å²) in [5.41, 5.74) is 7.89. The molecule has 0 saturated heterocycles. The lowest BCUT2D eigenvalue weighted by molar-refractivity contribution is 0.311. The Labute approximate surface area is 127 Å². The predicted octanol–water partition coefficient (Wildman–Crippen LogP) is 1.01. The van der Waals surface area contributed by atoms with E-state index in [-0.39, 0.29) is 6.61 Å². The molecule has 0 unspecified atom stereocenters. The Morgan fingerprint density at radius 2 is 1.95 bits per heavy atom. The number of aliphatic hydroxyl groups excluding tert-OH is 1. The highest BCUT2D eigenvalue weighted by atomic mass is 16.3. The minimum absolute atomic E-state index is 0.0738. The summed E-state index contributed by atoms with van der Waals surface area (Å²) in [6.07, 6.45) is 0. The molecule has 1 rings (SSSR count). The van der Waals surface area contributed by atoms with E-state index in [1.54, 1.807) is 0 Å². The minimum atomic E-state index is 0.0738. The van der Waals surface area contributed by atoms with Crippen LogP contribution < -0.4 is 16.4 Å². The van der Waals surface area contributed by atoms with E-state index in [1.165, 1.54) is 0 Å². The maximum absolute atomic E-state index is 8.94. The fourth-order valence-electron chi connectivity index (χ4n) is 2.25. The van der Waals surface area contributed by atoms with Crippen molar-refractivity contribution in [1.82, 2.24) is 9.88 Å². The fourth-order valence-corrected chi connectivity index (χ4v) is 2.25. The zero-order chi connectivity index (χ0) is 15.7. The second-order valence-corrected chi connectivity index (χ2v) is 4.96. The molecule has 0 saturated carbocycles. The van der Waals surface area contributed by atoms with Crippen molar-refractivity contribution in [3.63, 3.8) is 0 Å². The number of nitrogens with zero attached hydrogens (tertiary/aromatic N) is 2. The largest absolute Gasteiger partial charge is 0.395 e. The zero-order valence-electron chi connectivity index (χ0n) is 13.4. The quantitative estimate of drug-likeness (QED) is 0.515. The molecule has 1 aromatic heterocycles. The number of likely N-dealkylation sites (N-methyl/N-ethyl adjacent to an activating group) is 1. The van der Waals surface area contributed by atoms with Crippen molar-refractivity contribution in [2.24, 2.45) is 5.73 Å². The van der Waals surface area contributed by atoms with Gasteiger partial charge in [0.05, 0.1) is 6.61 Å². The molecule has 6 heteroatoms. The van der Waals surface area contributed by atoms with E-state index in [0.29, 0.717) is 13.1 Å². The molecular weight excluding hydrogens is 266 g/mol. The van der Waals surface area contributed by atoms with Crippen LogP contribution in [0.3, 0.4) is 0 Å². The normalized spacial score (nSPS) is 11.0. The van der Waals surface area contributed by atoms with Crippen molar-refractivity contribution in [2.45, 2.75) is 27.3 Å². The van der Waals surface area contributed by atoms with Crippen LogP contribution in [-0.4, -0.2) is 54.3 Å². The van der Waals surface area contributed by atoms with Crippen molar-refractivity contribution >= 4 is 11.6 Å². The van der Waals surface area contributed by atoms with Crippen molar-refractivity contribution in [2.75, 3.05) is 50.0 Å². The topological polar surface area (TPSA) is 86.4 Å². The SMILES string of the molecule is CCN(CC)CCNc1cc(C)c(CN)c(NCCO)n1. The predicted molar refractivity (Wildman–Crippen MR) is 88.7 cm³/mol. The molecule has 21 heavy (non-hydrogen) atoms. The van der Waals surface area contributed by atoms with Gasteiger partial charge in [0.2, 0.25) is 0 Å². The minimum Gasteiger partial charge on any atom is -0.395 e. The van der Waals surface area contributed by atoms with E-state index < -0.39 is 0 Å². The number of anilines is 2. The first-order chi connectivity index (χ1) is 10.2. The number of aliphatic hydroxyl groups is 1. The van der Waals surface area contributed by atoms with Gasteiger partial charge in [-0.3, -0.25) is 0 Å². The van der Waals surface area contributed by atoms with Crippen LogP contribution in [0.2, 0.25) is 0 Å². The summed E-state index contributed by atoms with van der Waals surface area (Å²) in [6.45, 7) is 11.3.